The van der Waals surface area contributed by atoms with Crippen LogP contribution >= 0.6 is 11.3 Å². The van der Waals surface area contributed by atoms with Gasteiger partial charge in [-0.05, 0) is 41.5 Å². The minimum Gasteiger partial charge on any atom is -0.356 e. The molecule has 0 saturated heterocycles. The highest BCUT2D eigenvalue weighted by Gasteiger charge is 2.06. The van der Waals surface area contributed by atoms with Crippen LogP contribution in [0.1, 0.15) is 17.4 Å². The van der Waals surface area contributed by atoms with Crippen LogP contribution in [0.5, 0.6) is 0 Å². The SMILES string of the molecule is CN=C(NCc1ccnc(-n2ccnc2)c1)NCC(C)Cc1cccs1. The van der Waals surface area contributed by atoms with Crippen molar-refractivity contribution in [2.45, 2.75) is 19.9 Å². The molecule has 0 bridgehead atoms. The van der Waals surface area contributed by atoms with Crippen molar-refractivity contribution < 1.29 is 0 Å². The predicted octanol–water partition coefficient (Wildman–Crippen LogP) is 2.87. The molecule has 136 valence electrons. The molecule has 0 aliphatic carbocycles. The standard InChI is InChI=1S/C19H24N6S/c1-15(10-17-4-3-9-26-17)12-23-19(20-2)24-13-16-5-6-22-18(11-16)25-8-7-21-14-25/h3-9,11,14-15H,10,12-13H2,1-2H3,(H2,20,23,24). The fourth-order valence-corrected chi connectivity index (χ4v) is 3.50. The number of imidazole rings is 1. The van der Waals surface area contributed by atoms with Crippen LogP contribution < -0.4 is 10.6 Å². The number of rotatable bonds is 7. The van der Waals surface area contributed by atoms with Crippen LogP contribution in [0.4, 0.5) is 0 Å². The van der Waals surface area contributed by atoms with Crippen LogP contribution in [0.3, 0.4) is 0 Å². The molecule has 0 aromatic carbocycles. The lowest BCUT2D eigenvalue weighted by Crippen LogP contribution is -2.39. The van der Waals surface area contributed by atoms with E-state index in [1.165, 1.54) is 4.88 Å². The summed E-state index contributed by atoms with van der Waals surface area (Å²) < 4.78 is 1.89. The predicted molar refractivity (Wildman–Crippen MR) is 107 cm³/mol. The van der Waals surface area contributed by atoms with Crippen molar-refractivity contribution in [3.63, 3.8) is 0 Å². The Morgan fingerprint density at radius 3 is 2.96 bits per heavy atom. The fraction of sp³-hybridized carbons (Fsp3) is 0.316. The van der Waals surface area contributed by atoms with E-state index in [-0.39, 0.29) is 0 Å². The molecule has 1 unspecified atom stereocenters. The topological polar surface area (TPSA) is 67.1 Å². The third-order valence-electron chi connectivity index (χ3n) is 4.01. The van der Waals surface area contributed by atoms with Crippen LogP contribution in [0.2, 0.25) is 0 Å². The molecular weight excluding hydrogens is 344 g/mol. The van der Waals surface area contributed by atoms with Crippen molar-refractivity contribution in [3.8, 4) is 5.82 Å². The molecule has 3 rings (SSSR count). The van der Waals surface area contributed by atoms with E-state index in [0.717, 1.165) is 30.3 Å². The van der Waals surface area contributed by atoms with Gasteiger partial charge < -0.3 is 10.6 Å². The Morgan fingerprint density at radius 1 is 1.31 bits per heavy atom. The van der Waals surface area contributed by atoms with Gasteiger partial charge in [0.15, 0.2) is 5.96 Å². The first-order valence-electron chi connectivity index (χ1n) is 8.64. The van der Waals surface area contributed by atoms with Gasteiger partial charge in [0.1, 0.15) is 12.1 Å². The lowest BCUT2D eigenvalue weighted by atomic mass is 10.1. The molecule has 7 heteroatoms. The summed E-state index contributed by atoms with van der Waals surface area (Å²) in [5.41, 5.74) is 1.14. The zero-order valence-corrected chi connectivity index (χ0v) is 15.9. The highest BCUT2D eigenvalue weighted by molar-refractivity contribution is 7.09. The first-order chi connectivity index (χ1) is 12.7. The van der Waals surface area contributed by atoms with E-state index in [1.807, 2.05) is 40.4 Å². The van der Waals surface area contributed by atoms with Gasteiger partial charge in [-0.2, -0.15) is 0 Å². The number of guanidine groups is 1. The van der Waals surface area contributed by atoms with Crippen molar-refractivity contribution in [3.05, 3.63) is 65.0 Å². The van der Waals surface area contributed by atoms with E-state index in [0.29, 0.717) is 12.5 Å². The first-order valence-corrected chi connectivity index (χ1v) is 9.52. The molecule has 3 aromatic heterocycles. The Hall–Kier alpha value is -2.67. The molecule has 0 spiro atoms. The molecule has 1 atom stereocenters. The Labute approximate surface area is 158 Å². The van der Waals surface area contributed by atoms with E-state index < -0.39 is 0 Å². The maximum Gasteiger partial charge on any atom is 0.191 e. The number of aromatic nitrogens is 3. The van der Waals surface area contributed by atoms with Crippen molar-refractivity contribution in [1.82, 2.24) is 25.2 Å². The average molecular weight is 369 g/mol. The smallest absolute Gasteiger partial charge is 0.191 e. The molecule has 0 aliphatic heterocycles. The third kappa shape index (κ3) is 5.16. The Balaban J connectivity index is 1.49. The van der Waals surface area contributed by atoms with Crippen LogP contribution in [-0.4, -0.2) is 34.1 Å². The third-order valence-corrected chi connectivity index (χ3v) is 4.91. The normalized spacial score (nSPS) is 12.8. The summed E-state index contributed by atoms with van der Waals surface area (Å²) in [5.74, 6) is 2.21. The summed E-state index contributed by atoms with van der Waals surface area (Å²) in [7, 11) is 1.79. The second-order valence-electron chi connectivity index (χ2n) is 6.19. The minimum absolute atomic E-state index is 0.543. The van der Waals surface area contributed by atoms with Gasteiger partial charge in [0.25, 0.3) is 0 Å². The Kier molecular flexibility index (Phi) is 6.38. The van der Waals surface area contributed by atoms with Crippen LogP contribution in [0.25, 0.3) is 5.82 Å². The van der Waals surface area contributed by atoms with Crippen LogP contribution in [0, 0.1) is 5.92 Å². The average Bonchev–Trinajstić information content (AvgIpc) is 3.36. The Morgan fingerprint density at radius 2 is 2.23 bits per heavy atom. The number of hydrogen-bond acceptors (Lipinski definition) is 4. The van der Waals surface area contributed by atoms with Crippen molar-refractivity contribution in [1.29, 1.82) is 0 Å². The summed E-state index contributed by atoms with van der Waals surface area (Å²) in [5, 5.41) is 8.90. The van der Waals surface area contributed by atoms with Gasteiger partial charge in [-0.1, -0.05) is 13.0 Å². The van der Waals surface area contributed by atoms with E-state index in [4.69, 9.17) is 0 Å². The van der Waals surface area contributed by atoms with E-state index >= 15 is 0 Å². The Bertz CT molecular complexity index is 810. The molecule has 0 radical (unpaired) electrons. The van der Waals surface area contributed by atoms with Gasteiger partial charge in [0.2, 0.25) is 0 Å². The lowest BCUT2D eigenvalue weighted by molar-refractivity contribution is 0.562. The molecule has 26 heavy (non-hydrogen) atoms. The summed E-state index contributed by atoms with van der Waals surface area (Å²) in [6.07, 6.45) is 8.27. The molecular formula is C19H24N6S. The molecule has 0 fully saturated rings. The fourth-order valence-electron chi connectivity index (χ4n) is 2.63. The van der Waals surface area contributed by atoms with Crippen molar-refractivity contribution >= 4 is 17.3 Å². The number of hydrogen-bond donors (Lipinski definition) is 2. The lowest BCUT2D eigenvalue weighted by Gasteiger charge is -2.16. The maximum absolute atomic E-state index is 4.37. The largest absolute Gasteiger partial charge is 0.356 e. The molecule has 3 aromatic rings. The number of aliphatic imine (C=N–C) groups is 1. The quantitative estimate of drug-likeness (QED) is 0.497. The van der Waals surface area contributed by atoms with E-state index in [9.17, 15) is 0 Å². The summed E-state index contributed by atoms with van der Waals surface area (Å²) in [6, 6.07) is 8.34. The van der Waals surface area contributed by atoms with Gasteiger partial charge in [-0.3, -0.25) is 9.56 Å². The van der Waals surface area contributed by atoms with Crippen LogP contribution in [0.15, 0.2) is 59.6 Å². The highest BCUT2D eigenvalue weighted by atomic mass is 32.1. The second-order valence-corrected chi connectivity index (χ2v) is 7.22. The zero-order chi connectivity index (χ0) is 18.2. The molecule has 0 saturated carbocycles. The maximum atomic E-state index is 4.37. The molecule has 0 aliphatic rings. The van der Waals surface area contributed by atoms with Gasteiger partial charge in [-0.15, -0.1) is 11.3 Å². The highest BCUT2D eigenvalue weighted by Crippen LogP contribution is 2.13. The van der Waals surface area contributed by atoms with Gasteiger partial charge in [0, 0.05) is 43.6 Å². The van der Waals surface area contributed by atoms with E-state index in [2.05, 4.69) is 50.0 Å². The second kappa shape index (κ2) is 9.15. The zero-order valence-electron chi connectivity index (χ0n) is 15.1. The number of nitrogens with zero attached hydrogens (tertiary/aromatic N) is 4. The number of nitrogens with one attached hydrogen (secondary N) is 2. The van der Waals surface area contributed by atoms with Crippen molar-refractivity contribution in [2.24, 2.45) is 10.9 Å². The summed E-state index contributed by atoms with van der Waals surface area (Å²) in [6.45, 7) is 3.82. The van der Waals surface area contributed by atoms with Crippen molar-refractivity contribution in [2.75, 3.05) is 13.6 Å². The van der Waals surface area contributed by atoms with E-state index in [1.54, 1.807) is 19.6 Å². The summed E-state index contributed by atoms with van der Waals surface area (Å²) >= 11 is 1.81. The molecule has 3 heterocycles. The van der Waals surface area contributed by atoms with Crippen LogP contribution in [-0.2, 0) is 13.0 Å². The molecule has 6 nitrogen and oxygen atoms in total. The minimum atomic E-state index is 0.543. The number of thiophene rings is 1. The van der Waals surface area contributed by atoms with Gasteiger partial charge in [-0.25, -0.2) is 9.97 Å². The number of pyridine rings is 1. The monoisotopic (exact) mass is 368 g/mol. The molecule has 0 amide bonds. The van der Waals surface area contributed by atoms with Gasteiger partial charge in [0.05, 0.1) is 0 Å². The first kappa shape index (κ1) is 18.1. The van der Waals surface area contributed by atoms with Gasteiger partial charge >= 0.3 is 0 Å². The summed E-state index contributed by atoms with van der Waals surface area (Å²) in [4.78, 5) is 14.2. The molecule has 2 N–H and O–H groups in total.